The fourth-order valence-electron chi connectivity index (χ4n) is 1.95. The zero-order chi connectivity index (χ0) is 15.1. The fraction of sp³-hybridized carbons (Fsp3) is 0.235. The molecule has 2 rings (SSSR count). The number of benzene rings is 2. The molecule has 1 amide bonds. The zero-order valence-corrected chi connectivity index (χ0v) is 12.6. The Hall–Kier alpha value is -2.00. The SMILES string of the molecule is CC(Cl)c1ccccc1NC(=O)CCOc1ccccc1. The molecule has 0 fully saturated rings. The fourth-order valence-corrected chi connectivity index (χ4v) is 2.14. The predicted octanol–water partition coefficient (Wildman–Crippen LogP) is 4.39. The molecule has 1 atom stereocenters. The molecule has 0 heterocycles. The number of rotatable bonds is 6. The highest BCUT2D eigenvalue weighted by Gasteiger charge is 2.10. The van der Waals surface area contributed by atoms with Crippen LogP contribution in [0.25, 0.3) is 0 Å². The van der Waals surface area contributed by atoms with Crippen molar-refractivity contribution >= 4 is 23.2 Å². The van der Waals surface area contributed by atoms with E-state index < -0.39 is 0 Å². The summed E-state index contributed by atoms with van der Waals surface area (Å²) in [7, 11) is 0. The lowest BCUT2D eigenvalue weighted by Crippen LogP contribution is -2.16. The summed E-state index contributed by atoms with van der Waals surface area (Å²) in [4.78, 5) is 11.9. The van der Waals surface area contributed by atoms with Crippen molar-refractivity contribution in [3.8, 4) is 5.75 Å². The minimum absolute atomic E-state index is 0.0873. The van der Waals surface area contributed by atoms with Crippen LogP contribution in [0.5, 0.6) is 5.75 Å². The maximum Gasteiger partial charge on any atom is 0.227 e. The Balaban J connectivity index is 1.85. The summed E-state index contributed by atoms with van der Waals surface area (Å²) in [6, 6.07) is 17.0. The molecule has 0 radical (unpaired) electrons. The number of halogens is 1. The minimum Gasteiger partial charge on any atom is -0.493 e. The van der Waals surface area contributed by atoms with Gasteiger partial charge in [-0.2, -0.15) is 0 Å². The van der Waals surface area contributed by atoms with Crippen molar-refractivity contribution in [3.63, 3.8) is 0 Å². The third-order valence-electron chi connectivity index (χ3n) is 3.00. The molecule has 4 heteroatoms. The number of amides is 1. The Morgan fingerprint density at radius 2 is 1.81 bits per heavy atom. The second-order valence-electron chi connectivity index (χ2n) is 4.66. The molecule has 3 nitrogen and oxygen atoms in total. The van der Waals surface area contributed by atoms with Gasteiger partial charge in [0.25, 0.3) is 0 Å². The summed E-state index contributed by atoms with van der Waals surface area (Å²) < 4.78 is 5.51. The maximum absolute atomic E-state index is 11.9. The van der Waals surface area contributed by atoms with Crippen LogP contribution >= 0.6 is 11.6 Å². The molecule has 0 saturated heterocycles. The normalized spacial score (nSPS) is 11.7. The van der Waals surface area contributed by atoms with Crippen LogP contribution in [0.1, 0.15) is 24.3 Å². The first-order valence-electron chi connectivity index (χ1n) is 6.87. The maximum atomic E-state index is 11.9. The molecule has 0 aliphatic rings. The molecule has 1 unspecified atom stereocenters. The molecule has 0 aromatic heterocycles. The summed E-state index contributed by atoms with van der Waals surface area (Å²) in [5.74, 6) is 0.677. The predicted molar refractivity (Wildman–Crippen MR) is 85.9 cm³/mol. The van der Waals surface area contributed by atoms with Crippen LogP contribution in [0.4, 0.5) is 5.69 Å². The van der Waals surface area contributed by atoms with E-state index in [1.54, 1.807) is 0 Å². The van der Waals surface area contributed by atoms with E-state index in [-0.39, 0.29) is 11.3 Å². The number of hydrogen-bond acceptors (Lipinski definition) is 2. The van der Waals surface area contributed by atoms with E-state index in [0.717, 1.165) is 17.0 Å². The molecule has 0 spiro atoms. The summed E-state index contributed by atoms with van der Waals surface area (Å²) in [6.07, 6.45) is 0.292. The second kappa shape index (κ2) is 7.70. The number of para-hydroxylation sites is 2. The van der Waals surface area contributed by atoms with Crippen molar-refractivity contribution in [1.82, 2.24) is 0 Å². The van der Waals surface area contributed by atoms with E-state index in [4.69, 9.17) is 16.3 Å². The van der Waals surface area contributed by atoms with Gasteiger partial charge in [-0.1, -0.05) is 36.4 Å². The Morgan fingerprint density at radius 1 is 1.14 bits per heavy atom. The van der Waals surface area contributed by atoms with E-state index in [0.29, 0.717) is 13.0 Å². The molecule has 0 aliphatic heterocycles. The molecular formula is C17H18ClNO2. The Kier molecular flexibility index (Phi) is 5.64. The van der Waals surface area contributed by atoms with Crippen molar-refractivity contribution in [3.05, 3.63) is 60.2 Å². The number of ether oxygens (including phenoxy) is 1. The molecule has 21 heavy (non-hydrogen) atoms. The van der Waals surface area contributed by atoms with Crippen molar-refractivity contribution < 1.29 is 9.53 Å². The van der Waals surface area contributed by atoms with Gasteiger partial charge in [0.05, 0.1) is 18.4 Å². The lowest BCUT2D eigenvalue weighted by molar-refractivity contribution is -0.116. The van der Waals surface area contributed by atoms with Crippen molar-refractivity contribution in [2.75, 3.05) is 11.9 Å². The van der Waals surface area contributed by atoms with E-state index >= 15 is 0 Å². The highest BCUT2D eigenvalue weighted by Crippen LogP contribution is 2.27. The first kappa shape index (κ1) is 15.4. The summed E-state index contributed by atoms with van der Waals surface area (Å²) in [5.41, 5.74) is 1.67. The Morgan fingerprint density at radius 3 is 2.52 bits per heavy atom. The standard InChI is InChI=1S/C17H18ClNO2/c1-13(18)15-9-5-6-10-16(15)19-17(20)11-12-21-14-7-3-2-4-8-14/h2-10,13H,11-12H2,1H3,(H,19,20). The molecule has 2 aromatic rings. The minimum atomic E-state index is -0.151. The van der Waals surface area contributed by atoms with Crippen molar-refractivity contribution in [2.24, 2.45) is 0 Å². The largest absolute Gasteiger partial charge is 0.493 e. The van der Waals surface area contributed by atoms with Gasteiger partial charge < -0.3 is 10.1 Å². The third-order valence-corrected chi connectivity index (χ3v) is 3.24. The first-order valence-corrected chi connectivity index (χ1v) is 7.31. The van der Waals surface area contributed by atoms with E-state index in [1.165, 1.54) is 0 Å². The molecule has 110 valence electrons. The van der Waals surface area contributed by atoms with Gasteiger partial charge in [0.2, 0.25) is 5.91 Å². The topological polar surface area (TPSA) is 38.3 Å². The Bertz CT molecular complexity index is 584. The van der Waals surface area contributed by atoms with Gasteiger partial charge in [0, 0.05) is 5.69 Å². The van der Waals surface area contributed by atoms with Gasteiger partial charge in [-0.15, -0.1) is 11.6 Å². The van der Waals surface area contributed by atoms with Crippen LogP contribution in [-0.2, 0) is 4.79 Å². The monoisotopic (exact) mass is 303 g/mol. The lowest BCUT2D eigenvalue weighted by Gasteiger charge is -2.12. The number of nitrogens with one attached hydrogen (secondary N) is 1. The van der Waals surface area contributed by atoms with Crippen LogP contribution in [0.3, 0.4) is 0 Å². The molecule has 0 aliphatic carbocycles. The first-order chi connectivity index (χ1) is 10.2. The highest BCUT2D eigenvalue weighted by molar-refractivity contribution is 6.21. The zero-order valence-electron chi connectivity index (χ0n) is 11.9. The van der Waals surface area contributed by atoms with Crippen molar-refractivity contribution in [2.45, 2.75) is 18.7 Å². The van der Waals surface area contributed by atoms with E-state index in [2.05, 4.69) is 5.32 Å². The molecule has 2 aromatic carbocycles. The number of carbonyl (C=O) groups excluding carboxylic acids is 1. The third kappa shape index (κ3) is 4.80. The van der Waals surface area contributed by atoms with Crippen LogP contribution in [-0.4, -0.2) is 12.5 Å². The smallest absolute Gasteiger partial charge is 0.227 e. The van der Waals surface area contributed by atoms with E-state index in [9.17, 15) is 4.79 Å². The molecule has 0 bridgehead atoms. The van der Waals surface area contributed by atoms with Gasteiger partial charge in [0.1, 0.15) is 5.75 Å². The van der Waals surface area contributed by atoms with Crippen LogP contribution < -0.4 is 10.1 Å². The number of anilines is 1. The van der Waals surface area contributed by atoms with Crippen molar-refractivity contribution in [1.29, 1.82) is 0 Å². The van der Waals surface area contributed by atoms with Gasteiger partial charge in [0.15, 0.2) is 0 Å². The average Bonchev–Trinajstić information content (AvgIpc) is 2.48. The molecule has 1 N–H and O–H groups in total. The average molecular weight is 304 g/mol. The van der Waals surface area contributed by atoms with Gasteiger partial charge >= 0.3 is 0 Å². The number of carbonyl (C=O) groups is 1. The number of hydrogen-bond donors (Lipinski definition) is 1. The summed E-state index contributed by atoms with van der Waals surface area (Å²) in [6.45, 7) is 2.22. The molecule has 0 saturated carbocycles. The van der Waals surface area contributed by atoms with Gasteiger partial charge in [-0.05, 0) is 30.7 Å². The van der Waals surface area contributed by atoms with Crippen LogP contribution in [0.15, 0.2) is 54.6 Å². The van der Waals surface area contributed by atoms with E-state index in [1.807, 2.05) is 61.5 Å². The lowest BCUT2D eigenvalue weighted by atomic mass is 10.1. The molecular weight excluding hydrogens is 286 g/mol. The summed E-state index contributed by atoms with van der Waals surface area (Å²) in [5, 5.41) is 2.72. The van der Waals surface area contributed by atoms with Gasteiger partial charge in [-0.25, -0.2) is 0 Å². The quantitative estimate of drug-likeness (QED) is 0.804. The Labute approximate surface area is 129 Å². The van der Waals surface area contributed by atoms with Crippen LogP contribution in [0.2, 0.25) is 0 Å². The van der Waals surface area contributed by atoms with Gasteiger partial charge in [-0.3, -0.25) is 4.79 Å². The second-order valence-corrected chi connectivity index (χ2v) is 5.32. The van der Waals surface area contributed by atoms with Crippen LogP contribution in [0, 0.1) is 0 Å². The summed E-state index contributed by atoms with van der Waals surface area (Å²) >= 11 is 6.10. The highest BCUT2D eigenvalue weighted by atomic mass is 35.5. The number of alkyl halides is 1.